The van der Waals surface area contributed by atoms with Gasteiger partial charge in [-0.05, 0) is 37.5 Å². The molecule has 0 bridgehead atoms. The molecule has 0 saturated carbocycles. The van der Waals surface area contributed by atoms with Gasteiger partial charge in [-0.15, -0.1) is 24.0 Å². The number of hydrogen-bond donors (Lipinski definition) is 1. The van der Waals surface area contributed by atoms with Gasteiger partial charge in [0.25, 0.3) is 0 Å². The molecule has 8 heteroatoms. The van der Waals surface area contributed by atoms with Gasteiger partial charge in [-0.2, -0.15) is 0 Å². The molecule has 1 amide bonds. The van der Waals surface area contributed by atoms with Crippen LogP contribution in [0.3, 0.4) is 0 Å². The van der Waals surface area contributed by atoms with Crippen molar-refractivity contribution in [2.45, 2.75) is 32.4 Å². The normalized spacial score (nSPS) is 19.3. The molecule has 0 spiro atoms. The maximum atomic E-state index is 13.3. The fourth-order valence-corrected chi connectivity index (χ4v) is 3.84. The second-order valence-electron chi connectivity index (χ2n) is 7.26. The molecule has 2 aliphatic heterocycles. The lowest BCUT2D eigenvalue weighted by Crippen LogP contribution is -2.57. The Morgan fingerprint density at radius 3 is 2.43 bits per heavy atom. The number of piperazine rings is 1. The lowest BCUT2D eigenvalue weighted by molar-refractivity contribution is -0.135. The Kier molecular flexibility index (Phi) is 8.94. The summed E-state index contributed by atoms with van der Waals surface area (Å²) < 4.78 is 13.3. The highest BCUT2D eigenvalue weighted by molar-refractivity contribution is 14.0. The zero-order chi connectivity index (χ0) is 19.2. The number of likely N-dealkylation sites (tertiary alicyclic amines) is 1. The molecule has 2 saturated heterocycles. The van der Waals surface area contributed by atoms with Crippen molar-refractivity contribution in [2.24, 2.45) is 4.99 Å². The van der Waals surface area contributed by atoms with E-state index in [-0.39, 0.29) is 41.7 Å². The summed E-state index contributed by atoms with van der Waals surface area (Å²) in [5.41, 5.74) is 0.889. The Balaban J connectivity index is 0.00000280. The molecule has 1 N–H and O–H groups in total. The number of nitrogens with one attached hydrogen (secondary N) is 1. The maximum Gasteiger partial charge on any atom is 0.239 e. The molecule has 1 aromatic carbocycles. The van der Waals surface area contributed by atoms with Gasteiger partial charge in [0.05, 0.1) is 6.04 Å². The fourth-order valence-electron chi connectivity index (χ4n) is 3.84. The Bertz CT molecular complexity index is 672. The van der Waals surface area contributed by atoms with E-state index in [9.17, 15) is 9.18 Å². The second kappa shape index (κ2) is 10.9. The largest absolute Gasteiger partial charge is 0.352 e. The fraction of sp³-hybridized carbons (Fsp3) is 0.600. The second-order valence-corrected chi connectivity index (χ2v) is 7.26. The Morgan fingerprint density at radius 2 is 1.82 bits per heavy atom. The number of hydrogen-bond acceptors (Lipinski definition) is 3. The van der Waals surface area contributed by atoms with Crippen LogP contribution >= 0.6 is 24.0 Å². The third kappa shape index (κ3) is 5.79. The predicted molar refractivity (Wildman–Crippen MR) is 120 cm³/mol. The Labute approximate surface area is 184 Å². The van der Waals surface area contributed by atoms with Gasteiger partial charge in [-0.3, -0.25) is 14.7 Å². The van der Waals surface area contributed by atoms with Crippen molar-refractivity contribution in [3.63, 3.8) is 0 Å². The molecular formula is C20H31FIN5O. The van der Waals surface area contributed by atoms with Crippen molar-refractivity contribution in [1.82, 2.24) is 20.0 Å². The van der Waals surface area contributed by atoms with Gasteiger partial charge >= 0.3 is 0 Å². The van der Waals surface area contributed by atoms with E-state index in [4.69, 9.17) is 0 Å². The van der Waals surface area contributed by atoms with Gasteiger partial charge in [0.15, 0.2) is 5.96 Å². The number of guanidine groups is 1. The minimum atomic E-state index is -0.227. The predicted octanol–water partition coefficient (Wildman–Crippen LogP) is 2.15. The van der Waals surface area contributed by atoms with Gasteiger partial charge in [-0.25, -0.2) is 4.39 Å². The summed E-state index contributed by atoms with van der Waals surface area (Å²) in [7, 11) is 1.76. The third-order valence-electron chi connectivity index (χ3n) is 5.49. The van der Waals surface area contributed by atoms with Crippen LogP contribution < -0.4 is 5.32 Å². The van der Waals surface area contributed by atoms with Crippen LogP contribution in [0.5, 0.6) is 0 Å². The van der Waals surface area contributed by atoms with E-state index in [0.717, 1.165) is 63.6 Å². The van der Waals surface area contributed by atoms with E-state index in [2.05, 4.69) is 20.1 Å². The number of halogens is 2. The van der Waals surface area contributed by atoms with Crippen molar-refractivity contribution in [1.29, 1.82) is 0 Å². The standard InChI is InChI=1S/C20H30FN5O.HI/c1-16(19(27)25-8-3-4-9-25)24-10-12-26(13-11-24)20(22-2)23-15-17-6-5-7-18(21)14-17;/h5-7,14,16H,3-4,8-13,15H2,1-2H3,(H,22,23);1H. The van der Waals surface area contributed by atoms with E-state index in [0.29, 0.717) is 6.54 Å². The molecule has 28 heavy (non-hydrogen) atoms. The zero-order valence-corrected chi connectivity index (χ0v) is 19.1. The number of benzene rings is 1. The molecule has 0 aromatic heterocycles. The van der Waals surface area contributed by atoms with E-state index < -0.39 is 0 Å². The smallest absolute Gasteiger partial charge is 0.239 e. The van der Waals surface area contributed by atoms with Crippen molar-refractivity contribution < 1.29 is 9.18 Å². The van der Waals surface area contributed by atoms with Crippen LogP contribution in [-0.4, -0.2) is 78.9 Å². The van der Waals surface area contributed by atoms with Gasteiger partial charge in [-0.1, -0.05) is 12.1 Å². The number of aliphatic imine (C=N–C) groups is 1. The molecule has 0 radical (unpaired) electrons. The highest BCUT2D eigenvalue weighted by atomic mass is 127. The molecule has 1 atom stereocenters. The molecule has 0 aliphatic carbocycles. The van der Waals surface area contributed by atoms with Crippen molar-refractivity contribution in [2.75, 3.05) is 46.3 Å². The van der Waals surface area contributed by atoms with E-state index in [1.54, 1.807) is 13.1 Å². The molecule has 1 unspecified atom stereocenters. The first kappa shape index (κ1) is 22.9. The zero-order valence-electron chi connectivity index (χ0n) is 16.7. The van der Waals surface area contributed by atoms with Crippen LogP contribution in [-0.2, 0) is 11.3 Å². The third-order valence-corrected chi connectivity index (χ3v) is 5.49. The van der Waals surface area contributed by atoms with Gasteiger partial charge in [0.1, 0.15) is 5.82 Å². The first-order valence-corrected chi connectivity index (χ1v) is 9.81. The Hall–Kier alpha value is -1.42. The molecular weight excluding hydrogens is 472 g/mol. The molecule has 6 nitrogen and oxygen atoms in total. The highest BCUT2D eigenvalue weighted by Gasteiger charge is 2.30. The maximum absolute atomic E-state index is 13.3. The first-order chi connectivity index (χ1) is 13.1. The average molecular weight is 503 g/mol. The van der Waals surface area contributed by atoms with Crippen LogP contribution in [0.4, 0.5) is 4.39 Å². The van der Waals surface area contributed by atoms with E-state index in [1.165, 1.54) is 12.1 Å². The van der Waals surface area contributed by atoms with Gasteiger partial charge < -0.3 is 15.1 Å². The van der Waals surface area contributed by atoms with Crippen LogP contribution in [0.25, 0.3) is 0 Å². The van der Waals surface area contributed by atoms with Crippen molar-refractivity contribution in [3.05, 3.63) is 35.6 Å². The average Bonchev–Trinajstić information content (AvgIpc) is 3.23. The summed E-state index contributed by atoms with van der Waals surface area (Å²) in [4.78, 5) is 23.4. The van der Waals surface area contributed by atoms with Crippen molar-refractivity contribution >= 4 is 35.8 Å². The summed E-state index contributed by atoms with van der Waals surface area (Å²) in [6.45, 7) is 7.67. The minimum absolute atomic E-state index is 0. The monoisotopic (exact) mass is 503 g/mol. The topological polar surface area (TPSA) is 51.2 Å². The summed E-state index contributed by atoms with van der Waals surface area (Å²) in [6, 6.07) is 6.53. The van der Waals surface area contributed by atoms with Gasteiger partial charge in [0, 0.05) is 52.9 Å². The van der Waals surface area contributed by atoms with Gasteiger partial charge in [0.2, 0.25) is 5.91 Å². The summed E-state index contributed by atoms with van der Waals surface area (Å²) in [5, 5.41) is 3.31. The van der Waals surface area contributed by atoms with E-state index in [1.807, 2.05) is 17.9 Å². The molecule has 2 aliphatic rings. The van der Waals surface area contributed by atoms with Crippen LogP contribution in [0.1, 0.15) is 25.3 Å². The molecule has 2 fully saturated rings. The minimum Gasteiger partial charge on any atom is -0.352 e. The van der Waals surface area contributed by atoms with E-state index >= 15 is 0 Å². The molecule has 2 heterocycles. The molecule has 1 aromatic rings. The number of carbonyl (C=O) groups is 1. The number of carbonyl (C=O) groups excluding carboxylic acids is 1. The summed E-state index contributed by atoms with van der Waals surface area (Å²) in [6.07, 6.45) is 2.25. The number of nitrogens with zero attached hydrogens (tertiary/aromatic N) is 4. The number of amides is 1. The highest BCUT2D eigenvalue weighted by Crippen LogP contribution is 2.14. The van der Waals surface area contributed by atoms with Crippen molar-refractivity contribution in [3.8, 4) is 0 Å². The first-order valence-electron chi connectivity index (χ1n) is 9.81. The van der Waals surface area contributed by atoms with Crippen LogP contribution in [0, 0.1) is 5.82 Å². The lowest BCUT2D eigenvalue weighted by Gasteiger charge is -2.39. The van der Waals surface area contributed by atoms with Crippen LogP contribution in [0.15, 0.2) is 29.3 Å². The SMILES string of the molecule is CN=C(NCc1cccc(F)c1)N1CCN(C(C)C(=O)N2CCCC2)CC1.I. The number of rotatable bonds is 4. The molecule has 3 rings (SSSR count). The van der Waals surface area contributed by atoms with Crippen LogP contribution in [0.2, 0.25) is 0 Å². The molecule has 156 valence electrons. The quantitative estimate of drug-likeness (QED) is 0.389. The Morgan fingerprint density at radius 1 is 1.14 bits per heavy atom. The summed E-state index contributed by atoms with van der Waals surface area (Å²) in [5.74, 6) is 0.849. The summed E-state index contributed by atoms with van der Waals surface area (Å²) >= 11 is 0. The lowest BCUT2D eigenvalue weighted by atomic mass is 10.2.